The summed E-state index contributed by atoms with van der Waals surface area (Å²) in [5.41, 5.74) is 1.99. The predicted molar refractivity (Wildman–Crippen MR) is 106 cm³/mol. The van der Waals surface area contributed by atoms with Crippen molar-refractivity contribution in [1.29, 1.82) is 0 Å². The summed E-state index contributed by atoms with van der Waals surface area (Å²) < 4.78 is 6.86. The van der Waals surface area contributed by atoms with Gasteiger partial charge in [-0.2, -0.15) is 5.10 Å². The monoisotopic (exact) mass is 380 g/mol. The summed E-state index contributed by atoms with van der Waals surface area (Å²) in [7, 11) is 0. The van der Waals surface area contributed by atoms with Gasteiger partial charge in [0.05, 0.1) is 30.8 Å². The molecule has 28 heavy (non-hydrogen) atoms. The second kappa shape index (κ2) is 8.65. The lowest BCUT2D eigenvalue weighted by Crippen LogP contribution is -2.30. The number of hydrogen-bond donors (Lipinski definition) is 1. The van der Waals surface area contributed by atoms with E-state index in [9.17, 15) is 9.59 Å². The number of aromatic nitrogens is 3. The zero-order chi connectivity index (χ0) is 20.1. The number of fused-ring (bicyclic) bond motifs is 1. The lowest BCUT2D eigenvalue weighted by Gasteiger charge is -2.18. The van der Waals surface area contributed by atoms with E-state index in [1.807, 2.05) is 48.9 Å². The zero-order valence-electron chi connectivity index (χ0n) is 16.3. The highest BCUT2D eigenvalue weighted by atomic mass is 16.5. The summed E-state index contributed by atoms with van der Waals surface area (Å²) in [5, 5.41) is 8.05. The van der Waals surface area contributed by atoms with Gasteiger partial charge in [-0.25, -0.2) is 9.67 Å². The summed E-state index contributed by atoms with van der Waals surface area (Å²) in [6.45, 7) is 6.10. The Labute approximate surface area is 163 Å². The molecule has 2 aromatic heterocycles. The van der Waals surface area contributed by atoms with Gasteiger partial charge in [0.15, 0.2) is 5.65 Å². The number of nitrogens with zero attached hydrogens (tertiary/aromatic N) is 3. The molecule has 0 aliphatic carbocycles. The molecular weight excluding hydrogens is 356 g/mol. The molecule has 0 saturated carbocycles. The van der Waals surface area contributed by atoms with Crippen LogP contribution < -0.4 is 5.32 Å². The molecule has 1 aromatic carbocycles. The van der Waals surface area contributed by atoms with Crippen molar-refractivity contribution in [2.45, 2.75) is 39.3 Å². The number of pyridine rings is 1. The summed E-state index contributed by atoms with van der Waals surface area (Å²) >= 11 is 0. The summed E-state index contributed by atoms with van der Waals surface area (Å²) in [6, 6.07) is 10.8. The lowest BCUT2D eigenvalue weighted by atomic mass is 10.0. The Morgan fingerprint density at radius 2 is 1.93 bits per heavy atom. The van der Waals surface area contributed by atoms with Gasteiger partial charge in [0.1, 0.15) is 0 Å². The summed E-state index contributed by atoms with van der Waals surface area (Å²) in [5.74, 6) is -0.659. The molecule has 146 valence electrons. The standard InChI is InChI=1S/C21H24N4O3/c1-4-28-19(26)11-18(15-8-6-5-7-9-15)24-21(27)17-10-16-13-23-25(14(2)3)20(16)22-12-17/h5-10,12-14,18H,4,11H2,1-3H3,(H,24,27). The highest BCUT2D eigenvalue weighted by Gasteiger charge is 2.20. The van der Waals surface area contributed by atoms with Crippen LogP contribution in [0.4, 0.5) is 0 Å². The fraction of sp³-hybridized carbons (Fsp3) is 0.333. The first-order chi connectivity index (χ1) is 13.5. The van der Waals surface area contributed by atoms with Crippen LogP contribution in [0.1, 0.15) is 55.2 Å². The zero-order valence-corrected chi connectivity index (χ0v) is 16.3. The van der Waals surface area contributed by atoms with Crippen LogP contribution in [-0.4, -0.2) is 33.2 Å². The summed E-state index contributed by atoms with van der Waals surface area (Å²) in [6.07, 6.45) is 3.29. The number of ether oxygens (including phenoxy) is 1. The normalized spacial score (nSPS) is 12.1. The highest BCUT2D eigenvalue weighted by molar-refractivity contribution is 5.97. The molecule has 0 spiro atoms. The van der Waals surface area contributed by atoms with Gasteiger partial charge in [0.2, 0.25) is 0 Å². The Morgan fingerprint density at radius 3 is 2.61 bits per heavy atom. The predicted octanol–water partition coefficient (Wildman–Crippen LogP) is 3.44. The quantitative estimate of drug-likeness (QED) is 0.635. The minimum Gasteiger partial charge on any atom is -0.466 e. The Morgan fingerprint density at radius 1 is 1.18 bits per heavy atom. The smallest absolute Gasteiger partial charge is 0.308 e. The fourth-order valence-electron chi connectivity index (χ4n) is 3.01. The minimum atomic E-state index is -0.484. The largest absolute Gasteiger partial charge is 0.466 e. The first kappa shape index (κ1) is 19.5. The molecule has 7 heteroatoms. The maximum Gasteiger partial charge on any atom is 0.308 e. The number of esters is 1. The molecule has 3 aromatic rings. The molecule has 1 unspecified atom stereocenters. The van der Waals surface area contributed by atoms with Crippen molar-refractivity contribution < 1.29 is 14.3 Å². The number of benzene rings is 1. The van der Waals surface area contributed by atoms with Crippen molar-refractivity contribution in [1.82, 2.24) is 20.1 Å². The van der Waals surface area contributed by atoms with Crippen LogP contribution in [0.25, 0.3) is 11.0 Å². The van der Waals surface area contributed by atoms with Crippen molar-refractivity contribution in [2.75, 3.05) is 6.61 Å². The number of nitrogens with one attached hydrogen (secondary N) is 1. The molecule has 0 aliphatic heterocycles. The van der Waals surface area contributed by atoms with E-state index in [4.69, 9.17) is 4.74 Å². The van der Waals surface area contributed by atoms with Gasteiger partial charge in [-0.05, 0) is 32.4 Å². The average Bonchev–Trinajstić information content (AvgIpc) is 3.12. The third-order valence-electron chi connectivity index (χ3n) is 4.37. The van der Waals surface area contributed by atoms with Crippen LogP contribution in [-0.2, 0) is 9.53 Å². The summed E-state index contributed by atoms with van der Waals surface area (Å²) in [4.78, 5) is 29.2. The van der Waals surface area contributed by atoms with Crippen LogP contribution >= 0.6 is 0 Å². The molecule has 0 aliphatic rings. The molecule has 7 nitrogen and oxygen atoms in total. The molecule has 0 radical (unpaired) electrons. The number of hydrogen-bond acceptors (Lipinski definition) is 5. The van der Waals surface area contributed by atoms with Crippen molar-refractivity contribution >= 4 is 22.9 Å². The second-order valence-electron chi connectivity index (χ2n) is 6.77. The molecule has 3 rings (SSSR count). The van der Waals surface area contributed by atoms with Gasteiger partial charge >= 0.3 is 5.97 Å². The maximum atomic E-state index is 12.8. The molecule has 2 heterocycles. The first-order valence-electron chi connectivity index (χ1n) is 9.34. The van der Waals surface area contributed by atoms with E-state index >= 15 is 0 Å². The van der Waals surface area contributed by atoms with Gasteiger partial charge in [0.25, 0.3) is 5.91 Å². The number of rotatable bonds is 7. The number of carbonyl (C=O) groups is 2. The van der Waals surface area contributed by atoms with E-state index in [1.165, 1.54) is 6.20 Å². The Kier molecular flexibility index (Phi) is 6.03. The molecule has 1 amide bonds. The van der Waals surface area contributed by atoms with Crippen molar-refractivity contribution in [2.24, 2.45) is 0 Å². The third-order valence-corrected chi connectivity index (χ3v) is 4.37. The molecule has 0 bridgehead atoms. The van der Waals surface area contributed by atoms with Crippen LogP contribution in [0.15, 0.2) is 48.8 Å². The van der Waals surface area contributed by atoms with E-state index < -0.39 is 6.04 Å². The SMILES string of the molecule is CCOC(=O)CC(NC(=O)c1cnc2c(cnn2C(C)C)c1)c1ccccc1. The second-order valence-corrected chi connectivity index (χ2v) is 6.77. The first-order valence-corrected chi connectivity index (χ1v) is 9.34. The third kappa shape index (κ3) is 4.36. The maximum absolute atomic E-state index is 12.8. The van der Waals surface area contributed by atoms with E-state index in [0.717, 1.165) is 16.6 Å². The fourth-order valence-corrected chi connectivity index (χ4v) is 3.01. The van der Waals surface area contributed by atoms with E-state index in [-0.39, 0.29) is 24.3 Å². The number of carbonyl (C=O) groups excluding carboxylic acids is 2. The van der Waals surface area contributed by atoms with E-state index in [0.29, 0.717) is 12.2 Å². The van der Waals surface area contributed by atoms with Crippen LogP contribution in [0.3, 0.4) is 0 Å². The molecule has 0 saturated heterocycles. The average molecular weight is 380 g/mol. The van der Waals surface area contributed by atoms with Crippen molar-refractivity contribution in [3.63, 3.8) is 0 Å². The van der Waals surface area contributed by atoms with Crippen LogP contribution in [0, 0.1) is 0 Å². The molecule has 1 atom stereocenters. The Balaban J connectivity index is 1.83. The van der Waals surface area contributed by atoms with Gasteiger partial charge in [-0.1, -0.05) is 30.3 Å². The molecular formula is C21H24N4O3. The van der Waals surface area contributed by atoms with Crippen LogP contribution in [0.5, 0.6) is 0 Å². The van der Waals surface area contributed by atoms with E-state index in [2.05, 4.69) is 15.4 Å². The van der Waals surface area contributed by atoms with Gasteiger partial charge in [-0.15, -0.1) is 0 Å². The topological polar surface area (TPSA) is 86.1 Å². The molecule has 0 fully saturated rings. The minimum absolute atomic E-state index is 0.0601. The number of amides is 1. The Bertz CT molecular complexity index is 966. The lowest BCUT2D eigenvalue weighted by molar-refractivity contribution is -0.143. The molecule has 1 N–H and O–H groups in total. The van der Waals surface area contributed by atoms with Gasteiger partial charge < -0.3 is 10.1 Å². The Hall–Kier alpha value is -3.22. The van der Waals surface area contributed by atoms with E-state index in [1.54, 1.807) is 19.2 Å². The van der Waals surface area contributed by atoms with Crippen molar-refractivity contribution in [3.05, 3.63) is 59.9 Å². The highest BCUT2D eigenvalue weighted by Crippen LogP contribution is 2.20. The van der Waals surface area contributed by atoms with Gasteiger partial charge in [-0.3, -0.25) is 9.59 Å². The van der Waals surface area contributed by atoms with Crippen LogP contribution in [0.2, 0.25) is 0 Å². The van der Waals surface area contributed by atoms with Crippen molar-refractivity contribution in [3.8, 4) is 0 Å². The van der Waals surface area contributed by atoms with Gasteiger partial charge in [0, 0.05) is 17.6 Å².